The van der Waals surface area contributed by atoms with Crippen molar-refractivity contribution in [2.24, 2.45) is 10.2 Å². The van der Waals surface area contributed by atoms with Crippen molar-refractivity contribution in [2.45, 2.75) is 0 Å². The quantitative estimate of drug-likeness (QED) is 0.392. The first kappa shape index (κ1) is 15.1. The number of carbonyl (C=O) groups is 1. The van der Waals surface area contributed by atoms with Gasteiger partial charge in [0.25, 0.3) is 5.69 Å². The second kappa shape index (κ2) is 6.44. The van der Waals surface area contributed by atoms with Crippen LogP contribution in [-0.4, -0.2) is 23.4 Å². The van der Waals surface area contributed by atoms with Crippen molar-refractivity contribution < 1.29 is 19.6 Å². The molecule has 0 amide bonds. The van der Waals surface area contributed by atoms with Crippen molar-refractivity contribution in [1.82, 2.24) is 0 Å². The van der Waals surface area contributed by atoms with Gasteiger partial charge < -0.3 is 9.84 Å². The lowest BCUT2D eigenvalue weighted by Gasteiger charge is -2.05. The van der Waals surface area contributed by atoms with Gasteiger partial charge in [0.2, 0.25) is 0 Å². The van der Waals surface area contributed by atoms with Crippen LogP contribution in [0, 0.1) is 10.1 Å². The summed E-state index contributed by atoms with van der Waals surface area (Å²) in [4.78, 5) is 21.4. The highest BCUT2D eigenvalue weighted by atomic mass is 16.6. The number of carbonyl (C=O) groups excluding carboxylic acids is 1. The molecule has 2 aromatic carbocycles. The summed E-state index contributed by atoms with van der Waals surface area (Å²) >= 11 is 0. The molecule has 0 saturated heterocycles. The van der Waals surface area contributed by atoms with Crippen molar-refractivity contribution in [3.05, 3.63) is 52.1 Å². The van der Waals surface area contributed by atoms with Gasteiger partial charge in [-0.05, 0) is 12.1 Å². The van der Waals surface area contributed by atoms with E-state index in [-0.39, 0.29) is 34.1 Å². The van der Waals surface area contributed by atoms with Crippen LogP contribution in [0.4, 0.5) is 17.1 Å². The molecule has 0 aliphatic carbocycles. The molecule has 2 rings (SSSR count). The Kier molecular flexibility index (Phi) is 4.42. The molecule has 8 heteroatoms. The number of nitro groups is 1. The lowest BCUT2D eigenvalue weighted by molar-refractivity contribution is -0.384. The Labute approximate surface area is 124 Å². The number of hydrogen-bond donors (Lipinski definition) is 1. The van der Waals surface area contributed by atoms with Crippen LogP contribution in [0.15, 0.2) is 46.6 Å². The van der Waals surface area contributed by atoms with Gasteiger partial charge in [0.1, 0.15) is 17.2 Å². The number of ether oxygens (including phenoxy) is 1. The van der Waals surface area contributed by atoms with Crippen LogP contribution in [-0.2, 0) is 0 Å². The number of rotatable bonds is 5. The van der Waals surface area contributed by atoms with Crippen molar-refractivity contribution >= 4 is 23.3 Å². The van der Waals surface area contributed by atoms with E-state index in [0.717, 1.165) is 0 Å². The molecule has 0 spiro atoms. The van der Waals surface area contributed by atoms with Gasteiger partial charge in [-0.2, -0.15) is 0 Å². The van der Waals surface area contributed by atoms with Crippen molar-refractivity contribution in [1.29, 1.82) is 0 Å². The van der Waals surface area contributed by atoms with Gasteiger partial charge in [-0.15, -0.1) is 10.2 Å². The lowest BCUT2D eigenvalue weighted by atomic mass is 10.1. The number of phenolic OH excluding ortho intramolecular Hbond substituents is 1. The number of nitrogens with zero attached hydrogens (tertiary/aromatic N) is 3. The molecule has 0 unspecified atom stereocenters. The molecule has 1 N–H and O–H groups in total. The summed E-state index contributed by atoms with van der Waals surface area (Å²) in [6.07, 6.45) is 0.482. The van der Waals surface area contributed by atoms with Crippen LogP contribution in [0.1, 0.15) is 10.4 Å². The maximum Gasteiger partial charge on any atom is 0.296 e. The number of para-hydroxylation sites is 1. The SMILES string of the molecule is COc1cc(O)c(/N=N\c2ccccc2[N+](=O)[O-])c(C=O)c1. The van der Waals surface area contributed by atoms with Crippen molar-refractivity contribution in [3.8, 4) is 11.5 Å². The van der Waals surface area contributed by atoms with E-state index >= 15 is 0 Å². The summed E-state index contributed by atoms with van der Waals surface area (Å²) < 4.78 is 4.93. The minimum absolute atomic E-state index is 0.0135. The van der Waals surface area contributed by atoms with Gasteiger partial charge in [-0.25, -0.2) is 0 Å². The zero-order valence-electron chi connectivity index (χ0n) is 11.5. The number of hydrogen-bond acceptors (Lipinski definition) is 7. The molecule has 0 aliphatic rings. The maximum absolute atomic E-state index is 11.1. The van der Waals surface area contributed by atoms with E-state index in [1.807, 2.05) is 0 Å². The van der Waals surface area contributed by atoms with E-state index in [1.165, 1.54) is 37.4 Å². The number of aldehydes is 1. The topological polar surface area (TPSA) is 114 Å². The van der Waals surface area contributed by atoms with Gasteiger partial charge in [0, 0.05) is 17.7 Å². The normalized spacial score (nSPS) is 10.6. The van der Waals surface area contributed by atoms with E-state index in [0.29, 0.717) is 6.29 Å². The van der Waals surface area contributed by atoms with Crippen LogP contribution in [0.2, 0.25) is 0 Å². The predicted octanol–water partition coefficient (Wildman–Crippen LogP) is 3.54. The average molecular weight is 301 g/mol. The molecule has 0 saturated carbocycles. The van der Waals surface area contributed by atoms with E-state index in [2.05, 4.69) is 10.2 Å². The minimum atomic E-state index is -0.594. The molecule has 0 radical (unpaired) electrons. The van der Waals surface area contributed by atoms with Crippen molar-refractivity contribution in [2.75, 3.05) is 7.11 Å². The molecular weight excluding hydrogens is 290 g/mol. The second-order valence-corrected chi connectivity index (χ2v) is 4.15. The third kappa shape index (κ3) is 3.06. The van der Waals surface area contributed by atoms with Crippen LogP contribution in [0.5, 0.6) is 11.5 Å². The monoisotopic (exact) mass is 301 g/mol. The molecule has 112 valence electrons. The average Bonchev–Trinajstić information content (AvgIpc) is 2.53. The molecule has 0 fully saturated rings. The maximum atomic E-state index is 11.1. The summed E-state index contributed by atoms with van der Waals surface area (Å²) in [5.74, 6) is -0.0342. The number of aromatic hydroxyl groups is 1. The van der Waals surface area contributed by atoms with Crippen LogP contribution >= 0.6 is 0 Å². The minimum Gasteiger partial charge on any atom is -0.505 e. The van der Waals surface area contributed by atoms with Gasteiger partial charge in [-0.3, -0.25) is 14.9 Å². The molecule has 0 bridgehead atoms. The molecule has 0 aromatic heterocycles. The third-order valence-corrected chi connectivity index (χ3v) is 2.79. The standard InChI is InChI=1S/C14H11N3O5/c1-22-10-6-9(8-18)14(13(19)7-10)16-15-11-4-2-3-5-12(11)17(20)21/h2-8,19H,1H3/b16-15-. The first-order chi connectivity index (χ1) is 10.6. The zero-order chi connectivity index (χ0) is 16.1. The molecular formula is C14H11N3O5. The fourth-order valence-corrected chi connectivity index (χ4v) is 1.74. The summed E-state index contributed by atoms with van der Waals surface area (Å²) in [5.41, 5.74) is -0.250. The fraction of sp³-hybridized carbons (Fsp3) is 0.0714. The smallest absolute Gasteiger partial charge is 0.296 e. The number of benzene rings is 2. The van der Waals surface area contributed by atoms with Crippen molar-refractivity contribution in [3.63, 3.8) is 0 Å². The first-order valence-corrected chi connectivity index (χ1v) is 6.08. The van der Waals surface area contributed by atoms with Crippen LogP contribution < -0.4 is 4.74 Å². The summed E-state index contributed by atoms with van der Waals surface area (Å²) in [5, 5.41) is 28.2. The van der Waals surface area contributed by atoms with Crippen LogP contribution in [0.25, 0.3) is 0 Å². The van der Waals surface area contributed by atoms with E-state index in [9.17, 15) is 20.0 Å². The Morgan fingerprint density at radius 3 is 2.64 bits per heavy atom. The number of phenols is 1. The fourth-order valence-electron chi connectivity index (χ4n) is 1.74. The molecule has 22 heavy (non-hydrogen) atoms. The predicted molar refractivity (Wildman–Crippen MR) is 77.3 cm³/mol. The highest BCUT2D eigenvalue weighted by Crippen LogP contribution is 2.36. The van der Waals surface area contributed by atoms with Crippen LogP contribution in [0.3, 0.4) is 0 Å². The molecule has 2 aromatic rings. The number of azo groups is 1. The molecule has 0 atom stereocenters. The Balaban J connectivity index is 2.47. The Morgan fingerprint density at radius 1 is 1.27 bits per heavy atom. The van der Waals surface area contributed by atoms with E-state index in [4.69, 9.17) is 4.74 Å². The summed E-state index contributed by atoms with van der Waals surface area (Å²) in [7, 11) is 1.39. The first-order valence-electron chi connectivity index (χ1n) is 6.08. The molecule has 0 aliphatic heterocycles. The highest BCUT2D eigenvalue weighted by Gasteiger charge is 2.14. The largest absolute Gasteiger partial charge is 0.505 e. The summed E-state index contributed by atoms with van der Waals surface area (Å²) in [6.45, 7) is 0. The number of methoxy groups -OCH3 is 1. The third-order valence-electron chi connectivity index (χ3n) is 2.79. The van der Waals surface area contributed by atoms with E-state index < -0.39 is 4.92 Å². The van der Waals surface area contributed by atoms with Gasteiger partial charge in [0.05, 0.1) is 12.0 Å². The second-order valence-electron chi connectivity index (χ2n) is 4.15. The molecule has 0 heterocycles. The molecule has 8 nitrogen and oxygen atoms in total. The van der Waals surface area contributed by atoms with Gasteiger partial charge >= 0.3 is 0 Å². The lowest BCUT2D eigenvalue weighted by Crippen LogP contribution is -1.88. The van der Waals surface area contributed by atoms with Gasteiger partial charge in [0.15, 0.2) is 12.0 Å². The Bertz CT molecular complexity index is 758. The van der Waals surface area contributed by atoms with E-state index in [1.54, 1.807) is 6.07 Å². The van der Waals surface area contributed by atoms with Gasteiger partial charge in [-0.1, -0.05) is 12.1 Å². The Hall–Kier alpha value is -3.29. The number of nitro benzene ring substituents is 1. The highest BCUT2D eigenvalue weighted by molar-refractivity contribution is 5.86. The Morgan fingerprint density at radius 2 is 2.00 bits per heavy atom. The zero-order valence-corrected chi connectivity index (χ0v) is 11.5. The summed E-state index contributed by atoms with van der Waals surface area (Å²) in [6, 6.07) is 8.39.